The summed E-state index contributed by atoms with van der Waals surface area (Å²) in [7, 11) is 0. The van der Waals surface area contributed by atoms with Gasteiger partial charge in [-0.3, -0.25) is 0 Å². The number of hydrogen-bond acceptors (Lipinski definition) is 1. The van der Waals surface area contributed by atoms with Crippen LogP contribution >= 0.6 is 0 Å². The first-order chi connectivity index (χ1) is 5.81. The van der Waals surface area contributed by atoms with E-state index >= 15 is 0 Å². The third-order valence-corrected chi connectivity index (χ3v) is 1.94. The van der Waals surface area contributed by atoms with Gasteiger partial charge in [-0.1, -0.05) is 19.1 Å². The van der Waals surface area contributed by atoms with Crippen LogP contribution in [0, 0.1) is 5.92 Å². The molecular weight excluding hydrogens is 146 g/mol. The van der Waals surface area contributed by atoms with Gasteiger partial charge in [0.15, 0.2) is 0 Å². The molecule has 0 bridgehead atoms. The Labute approximate surface area is 76.6 Å². The van der Waals surface area contributed by atoms with Crippen LogP contribution in [0.15, 0.2) is 25.3 Å². The van der Waals surface area contributed by atoms with Crippen molar-refractivity contribution < 1.29 is 0 Å². The highest BCUT2D eigenvalue weighted by Crippen LogP contribution is 2.04. The Bertz CT molecular complexity index is 118. The summed E-state index contributed by atoms with van der Waals surface area (Å²) in [4.78, 5) is 0. The minimum absolute atomic E-state index is 0.659. The lowest BCUT2D eigenvalue weighted by atomic mass is 10.1. The van der Waals surface area contributed by atoms with E-state index in [1.54, 1.807) is 0 Å². The Morgan fingerprint density at radius 1 is 1.33 bits per heavy atom. The fourth-order valence-corrected chi connectivity index (χ4v) is 0.996. The molecule has 1 N–H and O–H groups in total. The predicted octanol–water partition coefficient (Wildman–Crippen LogP) is 2.75. The van der Waals surface area contributed by atoms with Gasteiger partial charge in [-0.25, -0.2) is 0 Å². The summed E-state index contributed by atoms with van der Waals surface area (Å²) in [6.45, 7) is 11.8. The Morgan fingerprint density at radius 2 is 2.08 bits per heavy atom. The van der Waals surface area contributed by atoms with Crippen molar-refractivity contribution in [2.75, 3.05) is 13.1 Å². The fourth-order valence-electron chi connectivity index (χ4n) is 0.996. The summed E-state index contributed by atoms with van der Waals surface area (Å²) >= 11 is 0. The van der Waals surface area contributed by atoms with Crippen molar-refractivity contribution in [2.24, 2.45) is 5.92 Å². The maximum Gasteiger partial charge on any atom is -0.00144 e. The molecule has 12 heavy (non-hydrogen) atoms. The van der Waals surface area contributed by atoms with Crippen molar-refractivity contribution in [1.82, 2.24) is 5.32 Å². The van der Waals surface area contributed by atoms with Crippen LogP contribution in [-0.4, -0.2) is 13.1 Å². The van der Waals surface area contributed by atoms with Crippen LogP contribution in [0.3, 0.4) is 0 Å². The summed E-state index contributed by atoms with van der Waals surface area (Å²) < 4.78 is 0. The van der Waals surface area contributed by atoms with Gasteiger partial charge >= 0.3 is 0 Å². The average molecular weight is 167 g/mol. The number of allylic oxidation sites excluding steroid dienone is 1. The van der Waals surface area contributed by atoms with Gasteiger partial charge in [0.25, 0.3) is 0 Å². The zero-order valence-electron chi connectivity index (χ0n) is 8.18. The van der Waals surface area contributed by atoms with Crippen LogP contribution in [0.2, 0.25) is 0 Å². The second kappa shape index (κ2) is 8.54. The molecule has 70 valence electrons. The third kappa shape index (κ3) is 7.55. The largest absolute Gasteiger partial charge is 0.316 e. The van der Waals surface area contributed by atoms with Gasteiger partial charge in [-0.15, -0.1) is 13.2 Å². The van der Waals surface area contributed by atoms with Crippen molar-refractivity contribution in [1.29, 1.82) is 0 Å². The SMILES string of the molecule is C=CCCNCCCC(C)C=C. The Kier molecular flexibility index (Phi) is 8.14. The molecule has 0 aliphatic heterocycles. The molecule has 0 saturated carbocycles. The Morgan fingerprint density at radius 3 is 2.67 bits per heavy atom. The molecule has 1 nitrogen and oxygen atoms in total. The molecule has 0 aromatic carbocycles. The first-order valence-electron chi connectivity index (χ1n) is 4.75. The molecule has 1 unspecified atom stereocenters. The lowest BCUT2D eigenvalue weighted by Crippen LogP contribution is -2.16. The molecule has 0 heterocycles. The van der Waals surface area contributed by atoms with E-state index in [-0.39, 0.29) is 0 Å². The quantitative estimate of drug-likeness (QED) is 0.433. The molecular formula is C11H21N. The first kappa shape index (κ1) is 11.4. The van der Waals surface area contributed by atoms with E-state index in [1.807, 2.05) is 12.2 Å². The molecule has 0 amide bonds. The van der Waals surface area contributed by atoms with Crippen molar-refractivity contribution in [3.63, 3.8) is 0 Å². The van der Waals surface area contributed by atoms with E-state index in [4.69, 9.17) is 0 Å². The van der Waals surface area contributed by atoms with E-state index in [2.05, 4.69) is 25.4 Å². The van der Waals surface area contributed by atoms with Gasteiger partial charge in [0.1, 0.15) is 0 Å². The van der Waals surface area contributed by atoms with Crippen LogP contribution in [-0.2, 0) is 0 Å². The third-order valence-electron chi connectivity index (χ3n) is 1.94. The normalized spacial score (nSPS) is 12.4. The maximum atomic E-state index is 3.76. The minimum atomic E-state index is 0.659. The van der Waals surface area contributed by atoms with Gasteiger partial charge in [-0.05, 0) is 38.3 Å². The summed E-state index contributed by atoms with van der Waals surface area (Å²) in [5, 5.41) is 3.36. The van der Waals surface area contributed by atoms with E-state index in [1.165, 1.54) is 12.8 Å². The molecule has 0 saturated heterocycles. The molecule has 0 aliphatic carbocycles. The zero-order valence-corrected chi connectivity index (χ0v) is 8.18. The summed E-state index contributed by atoms with van der Waals surface area (Å²) in [5.41, 5.74) is 0. The highest BCUT2D eigenvalue weighted by atomic mass is 14.8. The molecule has 0 aromatic heterocycles. The highest BCUT2D eigenvalue weighted by Gasteiger charge is 1.94. The zero-order chi connectivity index (χ0) is 9.23. The monoisotopic (exact) mass is 167 g/mol. The Hall–Kier alpha value is -0.560. The molecule has 1 atom stereocenters. The molecule has 0 aliphatic rings. The molecule has 0 fully saturated rings. The minimum Gasteiger partial charge on any atom is -0.316 e. The van der Waals surface area contributed by atoms with Crippen molar-refractivity contribution in [3.05, 3.63) is 25.3 Å². The number of rotatable bonds is 8. The van der Waals surface area contributed by atoms with Crippen LogP contribution in [0.4, 0.5) is 0 Å². The first-order valence-corrected chi connectivity index (χ1v) is 4.75. The molecule has 0 rings (SSSR count). The van der Waals surface area contributed by atoms with E-state index < -0.39 is 0 Å². The van der Waals surface area contributed by atoms with Crippen molar-refractivity contribution in [2.45, 2.75) is 26.2 Å². The molecule has 0 spiro atoms. The fraction of sp³-hybridized carbons (Fsp3) is 0.636. The summed E-state index contributed by atoms with van der Waals surface area (Å²) in [5.74, 6) is 0.659. The average Bonchev–Trinajstić information content (AvgIpc) is 2.10. The van der Waals surface area contributed by atoms with E-state index in [0.29, 0.717) is 5.92 Å². The predicted molar refractivity (Wildman–Crippen MR) is 56.3 cm³/mol. The van der Waals surface area contributed by atoms with Crippen LogP contribution in [0.1, 0.15) is 26.2 Å². The molecule has 1 heteroatoms. The van der Waals surface area contributed by atoms with Crippen LogP contribution < -0.4 is 5.32 Å². The highest BCUT2D eigenvalue weighted by molar-refractivity contribution is 4.74. The molecule has 0 aromatic rings. The second-order valence-corrected chi connectivity index (χ2v) is 3.18. The number of nitrogens with one attached hydrogen (secondary N) is 1. The second-order valence-electron chi connectivity index (χ2n) is 3.18. The van der Waals surface area contributed by atoms with Crippen molar-refractivity contribution in [3.8, 4) is 0 Å². The van der Waals surface area contributed by atoms with Gasteiger partial charge in [0.05, 0.1) is 0 Å². The van der Waals surface area contributed by atoms with Crippen molar-refractivity contribution >= 4 is 0 Å². The summed E-state index contributed by atoms with van der Waals surface area (Å²) in [6.07, 6.45) is 7.51. The van der Waals surface area contributed by atoms with Crippen LogP contribution in [0.25, 0.3) is 0 Å². The van der Waals surface area contributed by atoms with E-state index in [0.717, 1.165) is 19.5 Å². The van der Waals surface area contributed by atoms with Gasteiger partial charge in [-0.2, -0.15) is 0 Å². The van der Waals surface area contributed by atoms with E-state index in [9.17, 15) is 0 Å². The standard InChI is InChI=1S/C11H21N/c1-4-6-9-12-10-7-8-11(3)5-2/h4-5,11-12H,1-2,6-10H2,3H3. The van der Waals surface area contributed by atoms with Gasteiger partial charge in [0, 0.05) is 0 Å². The Balaban J connectivity index is 2.99. The lowest BCUT2D eigenvalue weighted by molar-refractivity contribution is 0.565. The molecule has 0 radical (unpaired) electrons. The smallest absolute Gasteiger partial charge is 0.00144 e. The van der Waals surface area contributed by atoms with Gasteiger partial charge < -0.3 is 5.32 Å². The maximum absolute atomic E-state index is 3.76. The topological polar surface area (TPSA) is 12.0 Å². The van der Waals surface area contributed by atoms with Gasteiger partial charge in [0.2, 0.25) is 0 Å². The number of hydrogen-bond donors (Lipinski definition) is 1. The summed E-state index contributed by atoms with van der Waals surface area (Å²) in [6, 6.07) is 0. The van der Waals surface area contributed by atoms with Crippen LogP contribution in [0.5, 0.6) is 0 Å². The lowest BCUT2D eigenvalue weighted by Gasteiger charge is -2.05.